The molecular weight excluding hydrogens is 200 g/mol. The van der Waals surface area contributed by atoms with E-state index in [4.69, 9.17) is 0 Å². The molecule has 0 aromatic rings. The predicted octanol–water partition coefficient (Wildman–Crippen LogP) is 0.798. The molecule has 4 nitrogen and oxygen atoms in total. The molecule has 1 saturated carbocycles. The van der Waals surface area contributed by atoms with Gasteiger partial charge in [0.05, 0.1) is 0 Å². The fourth-order valence-electron chi connectivity index (χ4n) is 2.37. The molecule has 2 N–H and O–H groups in total. The molecule has 0 aromatic heterocycles. The Morgan fingerprint density at radius 3 is 2.81 bits per heavy atom. The Morgan fingerprint density at radius 1 is 1.38 bits per heavy atom. The third-order valence-corrected chi connectivity index (χ3v) is 3.55. The van der Waals surface area contributed by atoms with E-state index in [-0.39, 0.29) is 0 Å². The van der Waals surface area contributed by atoms with Crippen molar-refractivity contribution in [1.82, 2.24) is 15.5 Å². The van der Waals surface area contributed by atoms with E-state index in [1.807, 2.05) is 7.05 Å². The molecule has 92 valence electrons. The van der Waals surface area contributed by atoms with Crippen LogP contribution in [0.2, 0.25) is 0 Å². The fraction of sp³-hybridized carbons (Fsp3) is 0.917. The second-order valence-electron chi connectivity index (χ2n) is 4.80. The van der Waals surface area contributed by atoms with E-state index >= 15 is 0 Å². The van der Waals surface area contributed by atoms with Crippen LogP contribution in [0.1, 0.15) is 32.6 Å². The van der Waals surface area contributed by atoms with Crippen LogP contribution < -0.4 is 10.6 Å². The normalized spacial score (nSPS) is 27.1. The van der Waals surface area contributed by atoms with Gasteiger partial charge in [-0.2, -0.15) is 0 Å². The van der Waals surface area contributed by atoms with Crippen molar-refractivity contribution in [3.05, 3.63) is 0 Å². The first-order valence-corrected chi connectivity index (χ1v) is 6.54. The molecule has 1 saturated heterocycles. The van der Waals surface area contributed by atoms with Crippen molar-refractivity contribution in [2.75, 3.05) is 26.7 Å². The van der Waals surface area contributed by atoms with Crippen LogP contribution in [0.5, 0.6) is 0 Å². The second-order valence-corrected chi connectivity index (χ2v) is 4.80. The predicted molar refractivity (Wildman–Crippen MR) is 67.8 cm³/mol. The zero-order chi connectivity index (χ0) is 11.4. The van der Waals surface area contributed by atoms with Gasteiger partial charge < -0.3 is 10.6 Å². The van der Waals surface area contributed by atoms with E-state index in [0.717, 1.165) is 12.5 Å². The maximum atomic E-state index is 4.26. The van der Waals surface area contributed by atoms with Crippen LogP contribution in [-0.4, -0.2) is 49.6 Å². The van der Waals surface area contributed by atoms with Crippen molar-refractivity contribution in [2.45, 2.75) is 44.7 Å². The number of hydrogen-bond acceptors (Lipinski definition) is 2. The Morgan fingerprint density at radius 2 is 2.19 bits per heavy atom. The Balaban J connectivity index is 1.72. The van der Waals surface area contributed by atoms with Gasteiger partial charge in [-0.15, -0.1) is 0 Å². The summed E-state index contributed by atoms with van der Waals surface area (Å²) in [7, 11) is 1.85. The molecule has 2 rings (SSSR count). The number of nitrogens with one attached hydrogen (secondary N) is 2. The molecule has 2 aliphatic rings. The van der Waals surface area contributed by atoms with Gasteiger partial charge in [-0.3, -0.25) is 9.89 Å². The molecule has 0 spiro atoms. The van der Waals surface area contributed by atoms with E-state index in [1.165, 1.54) is 38.8 Å². The van der Waals surface area contributed by atoms with Crippen molar-refractivity contribution in [2.24, 2.45) is 4.99 Å². The van der Waals surface area contributed by atoms with Gasteiger partial charge >= 0.3 is 0 Å². The van der Waals surface area contributed by atoms with Gasteiger partial charge in [-0.25, -0.2) is 0 Å². The molecule has 1 aliphatic carbocycles. The van der Waals surface area contributed by atoms with Crippen LogP contribution in [0.3, 0.4) is 0 Å². The summed E-state index contributed by atoms with van der Waals surface area (Å²) in [6, 6.07) is 1.37. The molecule has 0 amide bonds. The number of likely N-dealkylation sites (N-methyl/N-ethyl adjacent to an activating group) is 1. The Hall–Kier alpha value is -0.770. The average molecular weight is 224 g/mol. The van der Waals surface area contributed by atoms with Crippen LogP contribution in [0.4, 0.5) is 0 Å². The van der Waals surface area contributed by atoms with E-state index in [2.05, 4.69) is 27.4 Å². The minimum Gasteiger partial charge on any atom is -0.355 e. The first kappa shape index (κ1) is 11.7. The number of rotatable bonds is 4. The summed E-state index contributed by atoms with van der Waals surface area (Å²) in [4.78, 5) is 6.81. The number of likely N-dealkylation sites (tertiary alicyclic amines) is 1. The molecule has 1 atom stereocenters. The van der Waals surface area contributed by atoms with Crippen LogP contribution in [0.25, 0.3) is 0 Å². The molecule has 1 heterocycles. The lowest BCUT2D eigenvalue weighted by Gasteiger charge is -2.23. The zero-order valence-corrected chi connectivity index (χ0v) is 10.5. The summed E-state index contributed by atoms with van der Waals surface area (Å²) in [5.41, 5.74) is 0. The monoisotopic (exact) mass is 224 g/mol. The van der Waals surface area contributed by atoms with Gasteiger partial charge in [-0.1, -0.05) is 6.92 Å². The maximum Gasteiger partial charge on any atom is 0.191 e. The van der Waals surface area contributed by atoms with Gasteiger partial charge in [-0.05, 0) is 38.8 Å². The van der Waals surface area contributed by atoms with E-state index in [1.54, 1.807) is 0 Å². The van der Waals surface area contributed by atoms with Gasteiger partial charge in [0, 0.05) is 25.7 Å². The first-order valence-electron chi connectivity index (χ1n) is 6.54. The van der Waals surface area contributed by atoms with Crippen molar-refractivity contribution in [3.63, 3.8) is 0 Å². The minimum atomic E-state index is 0.678. The molecule has 16 heavy (non-hydrogen) atoms. The quantitative estimate of drug-likeness (QED) is 0.548. The van der Waals surface area contributed by atoms with Crippen LogP contribution >= 0.6 is 0 Å². The molecular formula is C12H24N4. The van der Waals surface area contributed by atoms with E-state index in [0.29, 0.717) is 12.1 Å². The highest BCUT2D eigenvalue weighted by Crippen LogP contribution is 2.18. The lowest BCUT2D eigenvalue weighted by atomic mass is 10.2. The molecule has 2 fully saturated rings. The van der Waals surface area contributed by atoms with E-state index < -0.39 is 0 Å². The molecule has 1 aliphatic heterocycles. The number of hydrogen-bond donors (Lipinski definition) is 2. The fourth-order valence-corrected chi connectivity index (χ4v) is 2.37. The highest BCUT2D eigenvalue weighted by molar-refractivity contribution is 5.80. The number of nitrogens with zero attached hydrogens (tertiary/aromatic N) is 2. The maximum absolute atomic E-state index is 4.26. The third kappa shape index (κ3) is 3.11. The molecule has 0 bridgehead atoms. The topological polar surface area (TPSA) is 39.7 Å². The van der Waals surface area contributed by atoms with Crippen molar-refractivity contribution in [3.8, 4) is 0 Å². The van der Waals surface area contributed by atoms with Crippen molar-refractivity contribution in [1.29, 1.82) is 0 Å². The Bertz CT molecular complexity index is 247. The molecule has 0 aromatic carbocycles. The molecule has 4 heteroatoms. The van der Waals surface area contributed by atoms with E-state index in [9.17, 15) is 0 Å². The Labute approximate surface area is 98.5 Å². The summed E-state index contributed by atoms with van der Waals surface area (Å²) in [6.07, 6.45) is 5.26. The standard InChI is InChI=1S/C12H24N4/c1-3-16-8-4-5-11(16)9-14-12(13-2)15-10-6-7-10/h10-11H,3-9H2,1-2H3,(H2,13,14,15). The van der Waals surface area contributed by atoms with Crippen LogP contribution in [0.15, 0.2) is 4.99 Å². The van der Waals surface area contributed by atoms with Gasteiger partial charge in [0.2, 0.25) is 0 Å². The highest BCUT2D eigenvalue weighted by Gasteiger charge is 2.25. The average Bonchev–Trinajstić information content (AvgIpc) is 3.00. The summed E-state index contributed by atoms with van der Waals surface area (Å²) in [5, 5.41) is 6.86. The number of guanidine groups is 1. The van der Waals surface area contributed by atoms with Crippen molar-refractivity contribution < 1.29 is 0 Å². The summed E-state index contributed by atoms with van der Waals surface area (Å²) < 4.78 is 0. The van der Waals surface area contributed by atoms with Crippen LogP contribution in [0, 0.1) is 0 Å². The summed E-state index contributed by atoms with van der Waals surface area (Å²) >= 11 is 0. The summed E-state index contributed by atoms with van der Waals surface area (Å²) in [6.45, 7) is 5.70. The van der Waals surface area contributed by atoms with Gasteiger partial charge in [0.15, 0.2) is 5.96 Å². The number of aliphatic imine (C=N–C) groups is 1. The SMILES string of the molecule is CCN1CCCC1CNC(=NC)NC1CC1. The first-order chi connectivity index (χ1) is 7.83. The largest absolute Gasteiger partial charge is 0.355 e. The van der Waals surface area contributed by atoms with Gasteiger partial charge in [0.25, 0.3) is 0 Å². The van der Waals surface area contributed by atoms with Gasteiger partial charge in [0.1, 0.15) is 0 Å². The van der Waals surface area contributed by atoms with Crippen molar-refractivity contribution >= 4 is 5.96 Å². The lowest BCUT2D eigenvalue weighted by molar-refractivity contribution is 0.267. The molecule has 1 unspecified atom stereocenters. The summed E-state index contributed by atoms with van der Waals surface area (Å²) in [5.74, 6) is 0.977. The lowest BCUT2D eigenvalue weighted by Crippen LogP contribution is -2.45. The zero-order valence-electron chi connectivity index (χ0n) is 10.5. The van der Waals surface area contributed by atoms with Crippen LogP contribution in [-0.2, 0) is 0 Å². The Kier molecular flexibility index (Phi) is 4.04. The highest BCUT2D eigenvalue weighted by atomic mass is 15.2. The smallest absolute Gasteiger partial charge is 0.191 e. The minimum absolute atomic E-state index is 0.678. The third-order valence-electron chi connectivity index (χ3n) is 3.55. The second kappa shape index (κ2) is 5.53. The molecule has 0 radical (unpaired) electrons.